The minimum Gasteiger partial charge on any atom is -0.493 e. The Morgan fingerprint density at radius 3 is 2.94 bits per heavy atom. The summed E-state index contributed by atoms with van der Waals surface area (Å²) in [5, 5.41) is 0. The second kappa shape index (κ2) is 4.62. The molecule has 1 N–H and O–H groups in total. The summed E-state index contributed by atoms with van der Waals surface area (Å²) in [4.78, 5) is 7.07. The van der Waals surface area contributed by atoms with Crippen molar-refractivity contribution in [1.29, 1.82) is 0 Å². The van der Waals surface area contributed by atoms with Gasteiger partial charge in [-0.1, -0.05) is 18.2 Å². The van der Waals surface area contributed by atoms with E-state index < -0.39 is 0 Å². The Morgan fingerprint density at radius 2 is 2.18 bits per heavy atom. The maximum Gasteiger partial charge on any atom is 0.122 e. The molecule has 1 aromatic heterocycles. The molecule has 1 aliphatic carbocycles. The van der Waals surface area contributed by atoms with Gasteiger partial charge in [0.25, 0.3) is 0 Å². The van der Waals surface area contributed by atoms with Crippen LogP contribution < -0.4 is 4.74 Å². The van der Waals surface area contributed by atoms with E-state index in [2.05, 4.69) is 28.2 Å². The van der Waals surface area contributed by atoms with Gasteiger partial charge in [-0.25, -0.2) is 4.98 Å². The number of para-hydroxylation sites is 1. The van der Waals surface area contributed by atoms with E-state index in [9.17, 15) is 0 Å². The molecule has 0 atom stereocenters. The molecule has 0 spiro atoms. The van der Waals surface area contributed by atoms with Crippen LogP contribution in [0.15, 0.2) is 36.8 Å². The van der Waals surface area contributed by atoms with Crippen LogP contribution in [0.5, 0.6) is 5.75 Å². The smallest absolute Gasteiger partial charge is 0.122 e. The van der Waals surface area contributed by atoms with Gasteiger partial charge in [-0.05, 0) is 30.4 Å². The first-order valence-corrected chi connectivity index (χ1v) is 6.12. The number of aromatic nitrogens is 2. The van der Waals surface area contributed by atoms with E-state index in [1.54, 1.807) is 6.33 Å². The van der Waals surface area contributed by atoms with Gasteiger partial charge in [0, 0.05) is 18.3 Å². The molecule has 0 amide bonds. The van der Waals surface area contributed by atoms with E-state index in [0.29, 0.717) is 6.61 Å². The van der Waals surface area contributed by atoms with Gasteiger partial charge < -0.3 is 9.72 Å². The largest absolute Gasteiger partial charge is 0.493 e. The first kappa shape index (κ1) is 10.4. The zero-order chi connectivity index (χ0) is 11.5. The van der Waals surface area contributed by atoms with Gasteiger partial charge in [0.1, 0.15) is 5.75 Å². The zero-order valence-corrected chi connectivity index (χ0v) is 9.73. The number of H-pyrrole nitrogens is 1. The molecule has 0 aliphatic heterocycles. The third-order valence-corrected chi connectivity index (χ3v) is 3.12. The monoisotopic (exact) mass is 228 g/mol. The number of benzene rings is 1. The van der Waals surface area contributed by atoms with E-state index >= 15 is 0 Å². The summed E-state index contributed by atoms with van der Waals surface area (Å²) in [5.41, 5.74) is 2.49. The first-order chi connectivity index (χ1) is 8.43. The van der Waals surface area contributed by atoms with Gasteiger partial charge in [0.2, 0.25) is 0 Å². The molecule has 1 heterocycles. The van der Waals surface area contributed by atoms with Gasteiger partial charge in [-0.15, -0.1) is 0 Å². The topological polar surface area (TPSA) is 37.9 Å². The van der Waals surface area contributed by atoms with Crippen LogP contribution in [0.1, 0.15) is 30.0 Å². The van der Waals surface area contributed by atoms with Crippen molar-refractivity contribution in [2.24, 2.45) is 0 Å². The average molecular weight is 228 g/mol. The molecule has 0 unspecified atom stereocenters. The second-order valence-corrected chi connectivity index (χ2v) is 4.49. The molecule has 1 aromatic carbocycles. The normalized spacial score (nSPS) is 14.8. The Hall–Kier alpha value is -1.77. The second-order valence-electron chi connectivity index (χ2n) is 4.49. The van der Waals surface area contributed by atoms with Crippen molar-refractivity contribution in [3.63, 3.8) is 0 Å². The first-order valence-electron chi connectivity index (χ1n) is 6.12. The van der Waals surface area contributed by atoms with E-state index in [4.69, 9.17) is 4.74 Å². The Kier molecular flexibility index (Phi) is 2.82. The summed E-state index contributed by atoms with van der Waals surface area (Å²) in [6.07, 6.45) is 7.03. The molecule has 1 saturated carbocycles. The molecule has 17 heavy (non-hydrogen) atoms. The maximum absolute atomic E-state index is 5.86. The van der Waals surface area contributed by atoms with Crippen LogP contribution in [0.3, 0.4) is 0 Å². The molecule has 1 aliphatic rings. The Labute approximate surface area is 101 Å². The number of nitrogens with zero attached hydrogens (tertiary/aromatic N) is 1. The van der Waals surface area contributed by atoms with Gasteiger partial charge in [0.05, 0.1) is 12.9 Å². The number of ether oxygens (including phenoxy) is 1. The minimum atomic E-state index is 0.700. The fraction of sp³-hybridized carbons (Fsp3) is 0.357. The molecule has 3 rings (SSSR count). The highest BCUT2D eigenvalue weighted by Gasteiger charge is 2.26. The molecule has 1 fully saturated rings. The summed E-state index contributed by atoms with van der Waals surface area (Å²) < 4.78 is 5.86. The third-order valence-electron chi connectivity index (χ3n) is 3.12. The summed E-state index contributed by atoms with van der Waals surface area (Å²) in [6.45, 7) is 0.700. The zero-order valence-electron chi connectivity index (χ0n) is 9.73. The summed E-state index contributed by atoms with van der Waals surface area (Å²) in [5.74, 6) is 1.79. The van der Waals surface area contributed by atoms with Crippen molar-refractivity contribution in [3.05, 3.63) is 48.0 Å². The molecular formula is C14H16N2O. The summed E-state index contributed by atoms with van der Waals surface area (Å²) >= 11 is 0. The SMILES string of the molecule is c1ccc(C2CC2)c(OCCc2cnc[nH]2)c1. The van der Waals surface area contributed by atoms with Gasteiger partial charge >= 0.3 is 0 Å². The summed E-state index contributed by atoms with van der Waals surface area (Å²) in [7, 11) is 0. The lowest BCUT2D eigenvalue weighted by molar-refractivity contribution is 0.317. The van der Waals surface area contributed by atoms with E-state index in [0.717, 1.165) is 23.8 Å². The van der Waals surface area contributed by atoms with Crippen molar-refractivity contribution in [3.8, 4) is 5.75 Å². The molecule has 3 heteroatoms. The van der Waals surface area contributed by atoms with E-state index in [1.807, 2.05) is 12.3 Å². The quantitative estimate of drug-likeness (QED) is 0.854. The predicted octanol–water partition coefficient (Wildman–Crippen LogP) is 2.91. The van der Waals surface area contributed by atoms with Gasteiger partial charge in [-0.2, -0.15) is 0 Å². The van der Waals surface area contributed by atoms with Crippen LogP contribution >= 0.6 is 0 Å². The number of hydrogen-bond donors (Lipinski definition) is 1. The van der Waals surface area contributed by atoms with Crippen molar-refractivity contribution >= 4 is 0 Å². The Bertz CT molecular complexity index is 475. The fourth-order valence-electron chi connectivity index (χ4n) is 2.04. The highest BCUT2D eigenvalue weighted by molar-refractivity contribution is 5.38. The lowest BCUT2D eigenvalue weighted by Gasteiger charge is -2.10. The lowest BCUT2D eigenvalue weighted by Crippen LogP contribution is -2.03. The van der Waals surface area contributed by atoms with Crippen LogP contribution in [0.25, 0.3) is 0 Å². The van der Waals surface area contributed by atoms with Crippen LogP contribution in [-0.4, -0.2) is 16.6 Å². The van der Waals surface area contributed by atoms with Crippen LogP contribution in [0, 0.1) is 0 Å². The van der Waals surface area contributed by atoms with Crippen LogP contribution in [-0.2, 0) is 6.42 Å². The minimum absolute atomic E-state index is 0.700. The van der Waals surface area contributed by atoms with E-state index in [1.165, 1.54) is 18.4 Å². The molecule has 88 valence electrons. The maximum atomic E-state index is 5.86. The van der Waals surface area contributed by atoms with Crippen LogP contribution in [0.2, 0.25) is 0 Å². The highest BCUT2D eigenvalue weighted by atomic mass is 16.5. The molecule has 0 saturated heterocycles. The molecule has 0 radical (unpaired) electrons. The highest BCUT2D eigenvalue weighted by Crippen LogP contribution is 2.44. The Morgan fingerprint density at radius 1 is 1.29 bits per heavy atom. The lowest BCUT2D eigenvalue weighted by atomic mass is 10.1. The van der Waals surface area contributed by atoms with Crippen molar-refractivity contribution < 1.29 is 4.74 Å². The number of imidazole rings is 1. The predicted molar refractivity (Wildman–Crippen MR) is 66.2 cm³/mol. The molecule has 3 nitrogen and oxygen atoms in total. The standard InChI is InChI=1S/C14H16N2O/c1-2-4-14(13(3-1)11-5-6-11)17-8-7-12-9-15-10-16-12/h1-4,9-11H,5-8H2,(H,15,16). The van der Waals surface area contributed by atoms with Crippen molar-refractivity contribution in [1.82, 2.24) is 9.97 Å². The van der Waals surface area contributed by atoms with Crippen molar-refractivity contribution in [2.75, 3.05) is 6.61 Å². The molecular weight excluding hydrogens is 212 g/mol. The summed E-state index contributed by atoms with van der Waals surface area (Å²) in [6, 6.07) is 8.39. The van der Waals surface area contributed by atoms with E-state index in [-0.39, 0.29) is 0 Å². The number of hydrogen-bond acceptors (Lipinski definition) is 2. The molecule has 0 bridgehead atoms. The van der Waals surface area contributed by atoms with Gasteiger partial charge in [-0.3, -0.25) is 0 Å². The molecule has 2 aromatic rings. The number of nitrogens with one attached hydrogen (secondary N) is 1. The van der Waals surface area contributed by atoms with Gasteiger partial charge in [0.15, 0.2) is 0 Å². The third kappa shape index (κ3) is 2.49. The Balaban J connectivity index is 1.61. The van der Waals surface area contributed by atoms with Crippen molar-refractivity contribution in [2.45, 2.75) is 25.2 Å². The fourth-order valence-corrected chi connectivity index (χ4v) is 2.04. The van der Waals surface area contributed by atoms with Crippen LogP contribution in [0.4, 0.5) is 0 Å². The average Bonchev–Trinajstić information content (AvgIpc) is 3.08. The number of rotatable bonds is 5. The number of aromatic amines is 1.